The summed E-state index contributed by atoms with van der Waals surface area (Å²) in [7, 11) is 0. The van der Waals surface area contributed by atoms with Gasteiger partial charge in [0.1, 0.15) is 17.3 Å². The van der Waals surface area contributed by atoms with Crippen molar-refractivity contribution in [2.75, 3.05) is 31.1 Å². The Labute approximate surface area is 178 Å². The largest absolute Gasteiger partial charge is 0.352 e. The fourth-order valence-corrected chi connectivity index (χ4v) is 3.92. The van der Waals surface area contributed by atoms with Gasteiger partial charge >= 0.3 is 0 Å². The number of amides is 1. The van der Waals surface area contributed by atoms with Crippen LogP contribution in [0.5, 0.6) is 0 Å². The number of pyridine rings is 1. The third-order valence-corrected chi connectivity index (χ3v) is 5.58. The lowest BCUT2D eigenvalue weighted by molar-refractivity contribution is -0.129. The van der Waals surface area contributed by atoms with Crippen LogP contribution in [0.4, 0.5) is 10.2 Å². The van der Waals surface area contributed by atoms with Gasteiger partial charge in [0.2, 0.25) is 5.91 Å². The van der Waals surface area contributed by atoms with Gasteiger partial charge in [-0.15, -0.1) is 5.10 Å². The average Bonchev–Trinajstić information content (AvgIpc) is 3.19. The zero-order valence-corrected chi connectivity index (χ0v) is 17.1. The fraction of sp³-hybridized carbons (Fsp3) is 0.217. The van der Waals surface area contributed by atoms with Crippen LogP contribution < -0.4 is 4.90 Å². The molecule has 0 spiro atoms. The number of hydrogen-bond acceptors (Lipinski definition) is 5. The summed E-state index contributed by atoms with van der Waals surface area (Å²) in [6, 6.07) is 14.0. The second-order valence-electron chi connectivity index (χ2n) is 7.51. The molecule has 1 aliphatic rings. The highest BCUT2D eigenvalue weighted by Gasteiger charge is 2.22. The second kappa shape index (κ2) is 7.79. The van der Waals surface area contributed by atoms with Crippen molar-refractivity contribution in [1.82, 2.24) is 24.5 Å². The van der Waals surface area contributed by atoms with E-state index in [9.17, 15) is 9.18 Å². The molecule has 156 valence electrons. The zero-order valence-electron chi connectivity index (χ0n) is 17.1. The number of piperazine rings is 1. The van der Waals surface area contributed by atoms with Gasteiger partial charge in [0.05, 0.1) is 5.69 Å². The van der Waals surface area contributed by atoms with Gasteiger partial charge in [-0.05, 0) is 48.5 Å². The summed E-state index contributed by atoms with van der Waals surface area (Å²) < 4.78 is 15.3. The number of carbonyl (C=O) groups is 1. The van der Waals surface area contributed by atoms with Gasteiger partial charge in [0.25, 0.3) is 0 Å². The second-order valence-corrected chi connectivity index (χ2v) is 7.51. The Bertz CT molecular complexity index is 1230. The summed E-state index contributed by atoms with van der Waals surface area (Å²) >= 11 is 0. The van der Waals surface area contributed by atoms with Crippen LogP contribution in [0.2, 0.25) is 0 Å². The third-order valence-electron chi connectivity index (χ3n) is 5.58. The minimum Gasteiger partial charge on any atom is -0.352 e. The van der Waals surface area contributed by atoms with Gasteiger partial charge in [0, 0.05) is 56.6 Å². The number of fused-ring (bicyclic) bond motifs is 1. The molecule has 0 aliphatic carbocycles. The molecule has 0 bridgehead atoms. The van der Waals surface area contributed by atoms with Crippen LogP contribution in [0.15, 0.2) is 60.9 Å². The first-order chi connectivity index (χ1) is 15.1. The van der Waals surface area contributed by atoms with E-state index >= 15 is 0 Å². The highest BCUT2D eigenvalue weighted by molar-refractivity contribution is 5.81. The van der Waals surface area contributed by atoms with Crippen molar-refractivity contribution in [1.29, 1.82) is 0 Å². The van der Waals surface area contributed by atoms with E-state index in [1.165, 1.54) is 12.1 Å². The topological polar surface area (TPSA) is 66.6 Å². The smallest absolute Gasteiger partial charge is 0.219 e. The van der Waals surface area contributed by atoms with Crippen molar-refractivity contribution in [3.8, 4) is 22.5 Å². The molecule has 0 saturated carbocycles. The molecule has 4 aromatic rings. The van der Waals surface area contributed by atoms with Crippen LogP contribution in [-0.2, 0) is 4.79 Å². The molecule has 5 rings (SSSR count). The maximum absolute atomic E-state index is 13.5. The molecule has 3 aromatic heterocycles. The average molecular weight is 416 g/mol. The van der Waals surface area contributed by atoms with Crippen LogP contribution in [0.1, 0.15) is 6.92 Å². The first kappa shape index (κ1) is 19.2. The van der Waals surface area contributed by atoms with Gasteiger partial charge in [-0.1, -0.05) is 0 Å². The van der Waals surface area contributed by atoms with Crippen molar-refractivity contribution >= 4 is 17.4 Å². The first-order valence-electron chi connectivity index (χ1n) is 10.2. The van der Waals surface area contributed by atoms with E-state index in [1.54, 1.807) is 31.5 Å². The summed E-state index contributed by atoms with van der Waals surface area (Å²) in [4.78, 5) is 24.6. The molecule has 0 unspecified atom stereocenters. The predicted octanol–water partition coefficient (Wildman–Crippen LogP) is 3.27. The van der Waals surface area contributed by atoms with Gasteiger partial charge in [-0.25, -0.2) is 13.9 Å². The van der Waals surface area contributed by atoms with E-state index in [0.717, 1.165) is 41.4 Å². The number of hydrogen-bond donors (Lipinski definition) is 0. The number of carbonyl (C=O) groups excluding carboxylic acids is 1. The van der Waals surface area contributed by atoms with Crippen LogP contribution in [-0.4, -0.2) is 56.6 Å². The Morgan fingerprint density at radius 1 is 0.903 bits per heavy atom. The molecule has 4 heterocycles. The summed E-state index contributed by atoms with van der Waals surface area (Å²) in [5.41, 5.74) is 4.01. The van der Waals surface area contributed by atoms with Gasteiger partial charge < -0.3 is 9.80 Å². The Kier molecular flexibility index (Phi) is 4.82. The molecular weight excluding hydrogens is 395 g/mol. The van der Waals surface area contributed by atoms with Crippen molar-refractivity contribution in [2.24, 2.45) is 0 Å². The van der Waals surface area contributed by atoms with Crippen LogP contribution in [0.3, 0.4) is 0 Å². The standard InChI is InChI=1S/C23H21FN6O/c1-16(31)28-12-14-29(15-13-28)21-7-6-20-26-22(17-2-4-19(24)5-3-17)23(30(20)27-21)18-8-10-25-11-9-18/h2-11H,12-15H2,1H3. The molecule has 7 nitrogen and oxygen atoms in total. The normalized spacial score (nSPS) is 14.3. The summed E-state index contributed by atoms with van der Waals surface area (Å²) in [5, 5.41) is 4.89. The summed E-state index contributed by atoms with van der Waals surface area (Å²) in [5.74, 6) is 0.638. The number of halogens is 1. The van der Waals surface area contributed by atoms with E-state index in [2.05, 4.69) is 9.88 Å². The molecule has 0 radical (unpaired) electrons. The Morgan fingerprint density at radius 2 is 1.61 bits per heavy atom. The highest BCUT2D eigenvalue weighted by Crippen LogP contribution is 2.32. The van der Waals surface area contributed by atoms with Gasteiger partial charge in [-0.3, -0.25) is 9.78 Å². The predicted molar refractivity (Wildman–Crippen MR) is 116 cm³/mol. The molecule has 1 amide bonds. The van der Waals surface area contributed by atoms with Crippen LogP contribution in [0.25, 0.3) is 28.2 Å². The van der Waals surface area contributed by atoms with Crippen molar-refractivity contribution < 1.29 is 9.18 Å². The summed E-state index contributed by atoms with van der Waals surface area (Å²) in [6.07, 6.45) is 3.46. The fourth-order valence-electron chi connectivity index (χ4n) is 3.92. The molecule has 8 heteroatoms. The lowest BCUT2D eigenvalue weighted by Crippen LogP contribution is -2.48. The highest BCUT2D eigenvalue weighted by atomic mass is 19.1. The van der Waals surface area contributed by atoms with E-state index in [4.69, 9.17) is 10.1 Å². The molecule has 1 aromatic carbocycles. The van der Waals surface area contributed by atoms with Gasteiger partial charge in [-0.2, -0.15) is 0 Å². The number of benzene rings is 1. The van der Waals surface area contributed by atoms with Crippen LogP contribution in [0, 0.1) is 5.82 Å². The minimum absolute atomic E-state index is 0.0987. The first-order valence-corrected chi connectivity index (χ1v) is 10.2. The quantitative estimate of drug-likeness (QED) is 0.513. The Morgan fingerprint density at radius 3 is 2.29 bits per heavy atom. The van der Waals surface area contributed by atoms with E-state index < -0.39 is 0 Å². The van der Waals surface area contributed by atoms with Crippen LogP contribution >= 0.6 is 0 Å². The molecule has 1 saturated heterocycles. The zero-order chi connectivity index (χ0) is 21.4. The maximum atomic E-state index is 13.5. The van der Waals surface area contributed by atoms with E-state index in [-0.39, 0.29) is 11.7 Å². The van der Waals surface area contributed by atoms with E-state index in [0.29, 0.717) is 18.7 Å². The Hall–Kier alpha value is -3.81. The molecule has 31 heavy (non-hydrogen) atoms. The third kappa shape index (κ3) is 3.61. The number of rotatable bonds is 3. The van der Waals surface area contributed by atoms with Crippen molar-refractivity contribution in [3.05, 3.63) is 66.7 Å². The summed E-state index contributed by atoms with van der Waals surface area (Å²) in [6.45, 7) is 4.40. The van der Waals surface area contributed by atoms with Crippen molar-refractivity contribution in [3.63, 3.8) is 0 Å². The number of nitrogens with zero attached hydrogens (tertiary/aromatic N) is 6. The maximum Gasteiger partial charge on any atom is 0.219 e. The molecule has 1 aliphatic heterocycles. The molecule has 1 fully saturated rings. The molecule has 0 atom stereocenters. The molecule has 0 N–H and O–H groups in total. The molecular formula is C23H21FN6O. The monoisotopic (exact) mass is 416 g/mol. The number of aromatic nitrogens is 4. The number of anilines is 1. The lowest BCUT2D eigenvalue weighted by atomic mass is 10.1. The SMILES string of the molecule is CC(=O)N1CCN(c2ccc3nc(-c4ccc(F)cc4)c(-c4ccncc4)n3n2)CC1. The van der Waals surface area contributed by atoms with Crippen molar-refractivity contribution in [2.45, 2.75) is 6.92 Å². The Balaban J connectivity index is 1.61. The minimum atomic E-state index is -0.289. The van der Waals surface area contributed by atoms with E-state index in [1.807, 2.05) is 33.7 Å². The number of imidazole rings is 1. The lowest BCUT2D eigenvalue weighted by Gasteiger charge is -2.34. The van der Waals surface area contributed by atoms with Gasteiger partial charge in [0.15, 0.2) is 5.65 Å².